The van der Waals surface area contributed by atoms with Crippen LogP contribution in [0, 0.1) is 0 Å². The van der Waals surface area contributed by atoms with Crippen LogP contribution in [0.3, 0.4) is 0 Å². The average molecular weight is 328 g/mol. The van der Waals surface area contributed by atoms with Gasteiger partial charge in [0.05, 0.1) is 20.6 Å². The van der Waals surface area contributed by atoms with Crippen molar-refractivity contribution in [1.29, 1.82) is 0 Å². The van der Waals surface area contributed by atoms with Crippen LogP contribution in [0.25, 0.3) is 0 Å². The lowest BCUT2D eigenvalue weighted by Gasteiger charge is -2.16. The van der Waals surface area contributed by atoms with Gasteiger partial charge in [-0.3, -0.25) is 9.59 Å². The van der Waals surface area contributed by atoms with Crippen LogP contribution in [0.1, 0.15) is 18.4 Å². The molecule has 0 saturated carbocycles. The first-order chi connectivity index (χ1) is 10.5. The Balaban J connectivity index is 2.66. The van der Waals surface area contributed by atoms with Crippen molar-refractivity contribution in [3.8, 4) is 0 Å². The molecular weight excluding hydrogens is 310 g/mol. The molecule has 0 fully saturated rings. The number of halogens is 1. The fourth-order valence-electron chi connectivity index (χ4n) is 1.82. The molecule has 0 aromatic heterocycles. The van der Waals surface area contributed by atoms with Gasteiger partial charge in [-0.2, -0.15) is 0 Å². The predicted molar refractivity (Wildman–Crippen MR) is 80.4 cm³/mol. The Morgan fingerprint density at radius 1 is 1.18 bits per heavy atom. The van der Waals surface area contributed by atoms with Gasteiger partial charge < -0.3 is 14.8 Å². The van der Waals surface area contributed by atoms with E-state index in [1.54, 1.807) is 24.3 Å². The number of amides is 1. The maximum atomic E-state index is 11.8. The summed E-state index contributed by atoms with van der Waals surface area (Å²) >= 11 is 5.89. The van der Waals surface area contributed by atoms with Crippen molar-refractivity contribution >= 4 is 29.4 Å². The molecule has 0 unspecified atom stereocenters. The first kappa shape index (κ1) is 18.0. The van der Waals surface area contributed by atoms with E-state index in [-0.39, 0.29) is 19.3 Å². The van der Waals surface area contributed by atoms with Gasteiger partial charge in [-0.15, -0.1) is 0 Å². The summed E-state index contributed by atoms with van der Waals surface area (Å²) in [4.78, 5) is 34.6. The number of rotatable bonds is 7. The van der Waals surface area contributed by atoms with Crippen LogP contribution in [0.5, 0.6) is 0 Å². The summed E-state index contributed by atoms with van der Waals surface area (Å²) < 4.78 is 9.14. The van der Waals surface area contributed by atoms with Crippen molar-refractivity contribution in [2.24, 2.45) is 0 Å². The number of ether oxygens (including phenoxy) is 2. The molecular formula is C15H18ClNO5. The van der Waals surface area contributed by atoms with Crippen LogP contribution >= 0.6 is 11.6 Å². The normalized spacial score (nSPS) is 11.4. The lowest BCUT2D eigenvalue weighted by molar-refractivity contribution is -0.145. The minimum absolute atomic E-state index is 0.0482. The molecule has 0 bridgehead atoms. The number of nitrogens with one attached hydrogen (secondary N) is 1. The number of esters is 2. The first-order valence-corrected chi connectivity index (χ1v) is 7.02. The third-order valence-corrected chi connectivity index (χ3v) is 3.17. The van der Waals surface area contributed by atoms with Crippen LogP contribution in [-0.4, -0.2) is 38.1 Å². The highest BCUT2D eigenvalue weighted by Crippen LogP contribution is 2.13. The molecule has 0 aliphatic heterocycles. The molecule has 120 valence electrons. The van der Waals surface area contributed by atoms with Crippen LogP contribution in [0.2, 0.25) is 5.02 Å². The summed E-state index contributed by atoms with van der Waals surface area (Å²) in [5.41, 5.74) is 0.788. The Kier molecular flexibility index (Phi) is 7.39. The van der Waals surface area contributed by atoms with E-state index in [2.05, 4.69) is 14.8 Å². The molecule has 0 radical (unpaired) electrons. The van der Waals surface area contributed by atoms with Gasteiger partial charge in [-0.1, -0.05) is 23.7 Å². The van der Waals surface area contributed by atoms with Gasteiger partial charge in [-0.25, -0.2) is 4.79 Å². The second-order valence-electron chi connectivity index (χ2n) is 4.55. The van der Waals surface area contributed by atoms with Crippen molar-refractivity contribution in [3.63, 3.8) is 0 Å². The Morgan fingerprint density at radius 2 is 1.91 bits per heavy atom. The first-order valence-electron chi connectivity index (χ1n) is 6.64. The van der Waals surface area contributed by atoms with Crippen LogP contribution < -0.4 is 5.32 Å². The van der Waals surface area contributed by atoms with E-state index in [0.717, 1.165) is 5.56 Å². The molecule has 6 nitrogen and oxygen atoms in total. The molecule has 0 heterocycles. The van der Waals surface area contributed by atoms with Gasteiger partial charge in [0.25, 0.3) is 0 Å². The van der Waals surface area contributed by atoms with E-state index in [1.165, 1.54) is 14.2 Å². The number of carbonyl (C=O) groups excluding carboxylic acids is 3. The van der Waals surface area contributed by atoms with E-state index >= 15 is 0 Å². The number of benzene rings is 1. The quantitative estimate of drug-likeness (QED) is 0.767. The fraction of sp³-hybridized carbons (Fsp3) is 0.400. The minimum atomic E-state index is -0.839. The van der Waals surface area contributed by atoms with Gasteiger partial charge in [-0.05, 0) is 17.7 Å². The molecule has 0 aliphatic carbocycles. The molecule has 1 aromatic carbocycles. The topological polar surface area (TPSA) is 81.7 Å². The highest BCUT2D eigenvalue weighted by molar-refractivity contribution is 6.30. The summed E-state index contributed by atoms with van der Waals surface area (Å²) in [6, 6.07) is 6.13. The summed E-state index contributed by atoms with van der Waals surface area (Å²) in [6.45, 7) is 0. The zero-order chi connectivity index (χ0) is 16.5. The van der Waals surface area contributed by atoms with E-state index in [9.17, 15) is 14.4 Å². The summed E-state index contributed by atoms with van der Waals surface area (Å²) in [7, 11) is 2.49. The van der Waals surface area contributed by atoms with Crippen LogP contribution in [0.15, 0.2) is 24.3 Å². The molecule has 7 heteroatoms. The Labute approximate surface area is 133 Å². The standard InChI is InChI=1S/C15H18ClNO5/c1-21-14(19)7-6-13(18)17-12(15(20)22-2)9-10-4-3-5-11(16)8-10/h3-5,8,12H,6-7,9H2,1-2H3,(H,17,18)/t12-/m0/s1. The fourth-order valence-corrected chi connectivity index (χ4v) is 2.03. The van der Waals surface area contributed by atoms with Crippen LogP contribution in [-0.2, 0) is 30.3 Å². The van der Waals surface area contributed by atoms with E-state index in [4.69, 9.17) is 11.6 Å². The van der Waals surface area contributed by atoms with Crippen molar-refractivity contribution in [1.82, 2.24) is 5.32 Å². The second-order valence-corrected chi connectivity index (χ2v) is 4.99. The largest absolute Gasteiger partial charge is 0.469 e. The highest BCUT2D eigenvalue weighted by Gasteiger charge is 2.22. The van der Waals surface area contributed by atoms with Crippen LogP contribution in [0.4, 0.5) is 0 Å². The number of methoxy groups -OCH3 is 2. The van der Waals surface area contributed by atoms with E-state index < -0.39 is 23.9 Å². The zero-order valence-corrected chi connectivity index (χ0v) is 13.2. The molecule has 1 amide bonds. The molecule has 1 rings (SSSR count). The zero-order valence-electron chi connectivity index (χ0n) is 12.4. The molecule has 1 N–H and O–H groups in total. The van der Waals surface area contributed by atoms with Crippen molar-refractivity contribution in [3.05, 3.63) is 34.9 Å². The van der Waals surface area contributed by atoms with Gasteiger partial charge >= 0.3 is 11.9 Å². The van der Waals surface area contributed by atoms with Gasteiger partial charge in [0.1, 0.15) is 6.04 Å². The molecule has 0 saturated heterocycles. The summed E-state index contributed by atoms with van der Waals surface area (Å²) in [5, 5.41) is 3.09. The smallest absolute Gasteiger partial charge is 0.328 e. The van der Waals surface area contributed by atoms with E-state index in [1.807, 2.05) is 0 Å². The van der Waals surface area contributed by atoms with Crippen molar-refractivity contribution in [2.75, 3.05) is 14.2 Å². The summed E-state index contributed by atoms with van der Waals surface area (Å²) in [6.07, 6.45) is 0.139. The molecule has 22 heavy (non-hydrogen) atoms. The monoisotopic (exact) mass is 327 g/mol. The third-order valence-electron chi connectivity index (χ3n) is 2.93. The SMILES string of the molecule is COC(=O)CCC(=O)N[C@@H](Cc1cccc(Cl)c1)C(=O)OC. The maximum absolute atomic E-state index is 11.8. The number of carbonyl (C=O) groups is 3. The maximum Gasteiger partial charge on any atom is 0.328 e. The van der Waals surface area contributed by atoms with E-state index in [0.29, 0.717) is 5.02 Å². The number of hydrogen-bond acceptors (Lipinski definition) is 5. The lowest BCUT2D eigenvalue weighted by atomic mass is 10.1. The molecule has 1 aromatic rings. The Hall–Kier alpha value is -2.08. The summed E-state index contributed by atoms with van der Waals surface area (Å²) in [5.74, 6) is -1.48. The Bertz CT molecular complexity index is 546. The van der Waals surface area contributed by atoms with Gasteiger partial charge in [0.15, 0.2) is 0 Å². The number of hydrogen-bond donors (Lipinski definition) is 1. The van der Waals surface area contributed by atoms with Gasteiger partial charge in [0, 0.05) is 17.9 Å². The molecule has 1 atom stereocenters. The average Bonchev–Trinajstić information content (AvgIpc) is 2.51. The van der Waals surface area contributed by atoms with Gasteiger partial charge in [0.2, 0.25) is 5.91 Å². The predicted octanol–water partition coefficient (Wildman–Crippen LogP) is 1.49. The lowest BCUT2D eigenvalue weighted by Crippen LogP contribution is -2.43. The minimum Gasteiger partial charge on any atom is -0.469 e. The highest BCUT2D eigenvalue weighted by atomic mass is 35.5. The third kappa shape index (κ3) is 6.13. The molecule has 0 aliphatic rings. The molecule has 0 spiro atoms. The van der Waals surface area contributed by atoms with Crippen molar-refractivity contribution < 1.29 is 23.9 Å². The van der Waals surface area contributed by atoms with Crippen molar-refractivity contribution in [2.45, 2.75) is 25.3 Å². The Morgan fingerprint density at radius 3 is 2.50 bits per heavy atom. The second kappa shape index (κ2) is 9.04.